The second-order valence-electron chi connectivity index (χ2n) is 3.05. The fourth-order valence-corrected chi connectivity index (χ4v) is 1.31. The quantitative estimate of drug-likeness (QED) is 0.549. The highest BCUT2D eigenvalue weighted by Gasteiger charge is 1.97. The van der Waals surface area contributed by atoms with Crippen molar-refractivity contribution in [3.05, 3.63) is 48.0 Å². The molecule has 0 aliphatic heterocycles. The molecule has 1 aromatic heterocycles. The zero-order valence-electron chi connectivity index (χ0n) is 8.10. The maximum Gasteiger partial charge on any atom is 0.110 e. The highest BCUT2D eigenvalue weighted by atomic mass is 35.5. The molecule has 80 valence electrons. The van der Waals surface area contributed by atoms with Crippen LogP contribution in [0.25, 0.3) is 0 Å². The molecule has 0 unspecified atom stereocenters. The van der Waals surface area contributed by atoms with Crippen molar-refractivity contribution in [2.75, 3.05) is 5.43 Å². The summed E-state index contributed by atoms with van der Waals surface area (Å²) in [5.74, 6) is 6.24. The molecule has 0 amide bonds. The Labute approximate surface area is 94.3 Å². The number of aromatic amines is 1. The molecule has 0 atom stereocenters. The van der Waals surface area contributed by atoms with Crippen molar-refractivity contribution in [1.29, 1.82) is 0 Å². The van der Waals surface area contributed by atoms with Crippen molar-refractivity contribution < 1.29 is 0 Å². The lowest BCUT2D eigenvalue weighted by Gasteiger charge is -2.01. The summed E-state index contributed by atoms with van der Waals surface area (Å²) in [5, 5.41) is 0. The van der Waals surface area contributed by atoms with E-state index >= 15 is 0 Å². The van der Waals surface area contributed by atoms with E-state index in [1.165, 1.54) is 5.56 Å². The number of hydrazine groups is 1. The minimum atomic E-state index is 0. The predicted molar refractivity (Wildman–Crippen MR) is 62.9 cm³/mol. The summed E-state index contributed by atoms with van der Waals surface area (Å²) in [4.78, 5) is 7.22. The van der Waals surface area contributed by atoms with E-state index in [1.54, 1.807) is 6.20 Å². The van der Waals surface area contributed by atoms with E-state index in [1.807, 2.05) is 30.5 Å². The number of benzene rings is 1. The van der Waals surface area contributed by atoms with Gasteiger partial charge in [-0.1, -0.05) is 12.1 Å². The number of rotatable bonds is 3. The van der Waals surface area contributed by atoms with Gasteiger partial charge in [0.05, 0.1) is 0 Å². The van der Waals surface area contributed by atoms with Crippen LogP contribution in [-0.4, -0.2) is 9.97 Å². The Hall–Kier alpha value is -1.52. The fraction of sp³-hybridized carbons (Fsp3) is 0.100. The third-order valence-corrected chi connectivity index (χ3v) is 2.05. The van der Waals surface area contributed by atoms with E-state index in [-0.39, 0.29) is 12.4 Å². The van der Waals surface area contributed by atoms with Crippen LogP contribution in [-0.2, 0) is 6.42 Å². The highest BCUT2D eigenvalue weighted by Crippen LogP contribution is 2.10. The molecule has 0 aliphatic rings. The second kappa shape index (κ2) is 5.38. The van der Waals surface area contributed by atoms with Gasteiger partial charge >= 0.3 is 0 Å². The van der Waals surface area contributed by atoms with Gasteiger partial charge in [0.25, 0.3) is 0 Å². The van der Waals surface area contributed by atoms with Gasteiger partial charge in [0.15, 0.2) is 0 Å². The Balaban J connectivity index is 0.00000112. The minimum absolute atomic E-state index is 0. The topological polar surface area (TPSA) is 66.7 Å². The number of nitrogens with one attached hydrogen (secondary N) is 2. The molecule has 5 heteroatoms. The molecule has 0 saturated carbocycles. The van der Waals surface area contributed by atoms with Crippen molar-refractivity contribution in [1.82, 2.24) is 9.97 Å². The Morgan fingerprint density at radius 1 is 1.27 bits per heavy atom. The third-order valence-electron chi connectivity index (χ3n) is 2.05. The Morgan fingerprint density at radius 2 is 2.00 bits per heavy atom. The fourth-order valence-electron chi connectivity index (χ4n) is 1.31. The van der Waals surface area contributed by atoms with Crippen molar-refractivity contribution in [2.45, 2.75) is 6.42 Å². The van der Waals surface area contributed by atoms with Crippen LogP contribution in [0.4, 0.5) is 5.69 Å². The highest BCUT2D eigenvalue weighted by molar-refractivity contribution is 5.85. The van der Waals surface area contributed by atoms with Gasteiger partial charge in [0.1, 0.15) is 5.82 Å². The van der Waals surface area contributed by atoms with E-state index < -0.39 is 0 Å². The molecule has 0 radical (unpaired) electrons. The number of hydrogen-bond acceptors (Lipinski definition) is 3. The molecular weight excluding hydrogens is 212 g/mol. The van der Waals surface area contributed by atoms with E-state index in [0.717, 1.165) is 17.9 Å². The van der Waals surface area contributed by atoms with Crippen LogP contribution >= 0.6 is 12.4 Å². The molecule has 0 spiro atoms. The summed E-state index contributed by atoms with van der Waals surface area (Å²) < 4.78 is 0. The average molecular weight is 225 g/mol. The first-order chi connectivity index (χ1) is 6.88. The summed E-state index contributed by atoms with van der Waals surface area (Å²) in [5.41, 5.74) is 4.71. The number of imidazole rings is 1. The Bertz CT molecular complexity index is 382. The summed E-state index contributed by atoms with van der Waals surface area (Å²) in [7, 11) is 0. The molecular formula is C10H13ClN4. The van der Waals surface area contributed by atoms with Gasteiger partial charge in [-0.2, -0.15) is 0 Å². The molecule has 15 heavy (non-hydrogen) atoms. The molecule has 2 rings (SSSR count). The molecule has 0 saturated heterocycles. The molecule has 2 aromatic rings. The number of hydrogen-bond donors (Lipinski definition) is 3. The second-order valence-corrected chi connectivity index (χ2v) is 3.05. The number of anilines is 1. The smallest absolute Gasteiger partial charge is 0.110 e. The van der Waals surface area contributed by atoms with Crippen LogP contribution in [0, 0.1) is 0 Å². The lowest BCUT2D eigenvalue weighted by atomic mass is 10.1. The first kappa shape index (κ1) is 11.6. The summed E-state index contributed by atoms with van der Waals surface area (Å²) >= 11 is 0. The van der Waals surface area contributed by atoms with Gasteiger partial charge in [0.2, 0.25) is 0 Å². The van der Waals surface area contributed by atoms with Gasteiger partial charge in [0, 0.05) is 24.5 Å². The molecule has 0 fully saturated rings. The molecule has 1 aromatic carbocycles. The number of H-pyrrole nitrogens is 1. The van der Waals surface area contributed by atoms with Crippen molar-refractivity contribution >= 4 is 18.1 Å². The zero-order chi connectivity index (χ0) is 9.80. The molecule has 0 aliphatic carbocycles. The monoisotopic (exact) mass is 224 g/mol. The van der Waals surface area contributed by atoms with Crippen molar-refractivity contribution in [3.8, 4) is 0 Å². The van der Waals surface area contributed by atoms with Crippen LogP contribution < -0.4 is 11.3 Å². The SMILES string of the molecule is Cl.NNc1ccc(Cc2ncc[nH]2)cc1. The number of halogens is 1. The lowest BCUT2D eigenvalue weighted by molar-refractivity contribution is 1.03. The predicted octanol–water partition coefficient (Wildman–Crippen LogP) is 1.71. The van der Waals surface area contributed by atoms with E-state index in [9.17, 15) is 0 Å². The normalized spacial score (nSPS) is 9.40. The molecule has 4 nitrogen and oxygen atoms in total. The first-order valence-electron chi connectivity index (χ1n) is 4.42. The van der Waals surface area contributed by atoms with Crippen LogP contribution in [0.15, 0.2) is 36.7 Å². The number of nitrogens with two attached hydrogens (primary N) is 1. The third kappa shape index (κ3) is 2.97. The summed E-state index contributed by atoms with van der Waals surface area (Å²) in [6, 6.07) is 7.94. The standard InChI is InChI=1S/C10H12N4.ClH/c11-14-9-3-1-8(2-4-9)7-10-12-5-6-13-10;/h1-6,14H,7,11H2,(H,12,13);1H. The first-order valence-corrected chi connectivity index (χ1v) is 4.42. The maximum atomic E-state index is 5.27. The van der Waals surface area contributed by atoms with Gasteiger partial charge in [-0.25, -0.2) is 4.98 Å². The van der Waals surface area contributed by atoms with Gasteiger partial charge in [-0.15, -0.1) is 12.4 Å². The van der Waals surface area contributed by atoms with E-state index in [2.05, 4.69) is 15.4 Å². The maximum absolute atomic E-state index is 5.27. The average Bonchev–Trinajstić information content (AvgIpc) is 2.72. The molecule has 0 bridgehead atoms. The van der Waals surface area contributed by atoms with Crippen LogP contribution in [0.1, 0.15) is 11.4 Å². The number of aromatic nitrogens is 2. The van der Waals surface area contributed by atoms with Crippen LogP contribution in [0.3, 0.4) is 0 Å². The number of nitrogens with zero attached hydrogens (tertiary/aromatic N) is 1. The minimum Gasteiger partial charge on any atom is -0.348 e. The van der Waals surface area contributed by atoms with Gasteiger partial charge < -0.3 is 10.4 Å². The summed E-state index contributed by atoms with van der Waals surface area (Å²) in [6.45, 7) is 0. The van der Waals surface area contributed by atoms with Crippen LogP contribution in [0.5, 0.6) is 0 Å². The molecule has 4 N–H and O–H groups in total. The Morgan fingerprint density at radius 3 is 2.53 bits per heavy atom. The summed E-state index contributed by atoms with van der Waals surface area (Å²) in [6.07, 6.45) is 4.40. The largest absolute Gasteiger partial charge is 0.348 e. The Kier molecular flexibility index (Phi) is 4.15. The molecule has 1 heterocycles. The van der Waals surface area contributed by atoms with Crippen molar-refractivity contribution in [3.63, 3.8) is 0 Å². The van der Waals surface area contributed by atoms with E-state index in [0.29, 0.717) is 0 Å². The van der Waals surface area contributed by atoms with Crippen molar-refractivity contribution in [2.24, 2.45) is 5.84 Å². The van der Waals surface area contributed by atoms with Gasteiger partial charge in [-0.3, -0.25) is 5.84 Å². The van der Waals surface area contributed by atoms with Crippen LogP contribution in [0.2, 0.25) is 0 Å². The zero-order valence-corrected chi connectivity index (χ0v) is 8.92. The van der Waals surface area contributed by atoms with Gasteiger partial charge in [-0.05, 0) is 17.7 Å². The van der Waals surface area contributed by atoms with E-state index in [4.69, 9.17) is 5.84 Å². The lowest BCUT2D eigenvalue weighted by Crippen LogP contribution is -2.06. The number of nitrogen functional groups attached to an aromatic ring is 1.